The van der Waals surface area contributed by atoms with E-state index in [1.807, 2.05) is 0 Å². The van der Waals surface area contributed by atoms with Gasteiger partial charge in [-0.15, -0.1) is 0 Å². The van der Waals surface area contributed by atoms with Gasteiger partial charge >= 0.3 is 6.18 Å². The monoisotopic (exact) mass is 243 g/mol. The highest BCUT2D eigenvalue weighted by Crippen LogP contribution is 2.28. The molecule has 0 spiro atoms. The van der Waals surface area contributed by atoms with Crippen molar-refractivity contribution in [3.05, 3.63) is 29.8 Å². The molecule has 0 fully saturated rings. The maximum atomic E-state index is 12.4. The molecule has 0 saturated carbocycles. The van der Waals surface area contributed by atoms with Crippen molar-refractivity contribution in [1.29, 1.82) is 0 Å². The topological polar surface area (TPSA) is 69.6 Å². The number of alkyl halides is 3. The molecule has 90 valence electrons. The Labute approximate surface area is 94.1 Å². The molecule has 0 amide bonds. The quantitative estimate of drug-likeness (QED) is 0.825. The lowest BCUT2D eigenvalue weighted by molar-refractivity contribution is -0.137. The van der Waals surface area contributed by atoms with E-state index in [1.54, 1.807) is 6.92 Å². The van der Waals surface area contributed by atoms with Gasteiger partial charge in [0.2, 0.25) is 0 Å². The Kier molecular flexibility index (Phi) is 2.49. The molecule has 2 heterocycles. The average Bonchev–Trinajstić information content (AvgIpc) is 2.63. The molecule has 0 radical (unpaired) electrons. The molecule has 2 N–H and O–H groups in total. The Morgan fingerprint density at radius 1 is 1.29 bits per heavy atom. The second-order valence-electron chi connectivity index (χ2n) is 3.37. The van der Waals surface area contributed by atoms with Gasteiger partial charge < -0.3 is 5.73 Å². The number of anilines is 1. The molecule has 2 aromatic rings. The van der Waals surface area contributed by atoms with Crippen molar-refractivity contribution in [3.63, 3.8) is 0 Å². The molecule has 0 aromatic carbocycles. The number of nitrogens with zero attached hydrogens (tertiary/aromatic N) is 4. The highest BCUT2D eigenvalue weighted by molar-refractivity contribution is 5.37. The molecule has 5 nitrogen and oxygen atoms in total. The lowest BCUT2D eigenvalue weighted by Gasteiger charge is -2.03. The van der Waals surface area contributed by atoms with Crippen molar-refractivity contribution in [2.75, 3.05) is 5.73 Å². The minimum Gasteiger partial charge on any atom is -0.384 e. The molecule has 0 atom stereocenters. The van der Waals surface area contributed by atoms with E-state index >= 15 is 0 Å². The average molecular weight is 243 g/mol. The van der Waals surface area contributed by atoms with Crippen LogP contribution in [0.2, 0.25) is 0 Å². The van der Waals surface area contributed by atoms with E-state index in [9.17, 15) is 13.2 Å². The van der Waals surface area contributed by atoms with Crippen LogP contribution in [-0.2, 0) is 6.18 Å². The molecular formula is C9H8F3N5. The van der Waals surface area contributed by atoms with Gasteiger partial charge in [0.15, 0.2) is 5.82 Å². The highest BCUT2D eigenvalue weighted by atomic mass is 19.4. The standard InChI is InChI=1S/C9H8F3N5/c1-5-15-7(13)2-8(16-5)17-4-6(3-14-17)9(10,11)12/h2-4H,1H3,(H2,13,15,16). The number of hydrogen-bond acceptors (Lipinski definition) is 4. The van der Waals surface area contributed by atoms with Crippen LogP contribution in [0.5, 0.6) is 0 Å². The maximum Gasteiger partial charge on any atom is 0.419 e. The van der Waals surface area contributed by atoms with Crippen LogP contribution in [0.25, 0.3) is 5.82 Å². The van der Waals surface area contributed by atoms with Gasteiger partial charge in [0.05, 0.1) is 11.8 Å². The van der Waals surface area contributed by atoms with E-state index < -0.39 is 11.7 Å². The second-order valence-corrected chi connectivity index (χ2v) is 3.37. The lowest BCUT2D eigenvalue weighted by Crippen LogP contribution is -2.05. The van der Waals surface area contributed by atoms with Crippen molar-refractivity contribution in [2.24, 2.45) is 0 Å². The number of nitrogens with two attached hydrogens (primary N) is 1. The van der Waals surface area contributed by atoms with Gasteiger partial charge in [-0.05, 0) is 6.92 Å². The maximum absolute atomic E-state index is 12.4. The van der Waals surface area contributed by atoms with Crippen molar-refractivity contribution >= 4 is 5.82 Å². The van der Waals surface area contributed by atoms with Crippen LogP contribution >= 0.6 is 0 Å². The summed E-state index contributed by atoms with van der Waals surface area (Å²) in [6, 6.07) is 1.35. The van der Waals surface area contributed by atoms with Crippen LogP contribution in [0.4, 0.5) is 19.0 Å². The summed E-state index contributed by atoms with van der Waals surface area (Å²) in [7, 11) is 0. The predicted octanol–water partition coefficient (Wildman–Crippen LogP) is 1.57. The summed E-state index contributed by atoms with van der Waals surface area (Å²) >= 11 is 0. The van der Waals surface area contributed by atoms with Crippen LogP contribution in [0, 0.1) is 6.92 Å². The van der Waals surface area contributed by atoms with Crippen LogP contribution in [0.15, 0.2) is 18.5 Å². The predicted molar refractivity (Wildman–Crippen MR) is 53.3 cm³/mol. The van der Waals surface area contributed by atoms with E-state index in [4.69, 9.17) is 5.73 Å². The van der Waals surface area contributed by atoms with E-state index in [0.29, 0.717) is 5.82 Å². The molecule has 0 saturated heterocycles. The molecule has 0 aliphatic heterocycles. The van der Waals surface area contributed by atoms with Gasteiger partial charge in [0.1, 0.15) is 11.6 Å². The van der Waals surface area contributed by atoms with Crippen molar-refractivity contribution in [1.82, 2.24) is 19.7 Å². The van der Waals surface area contributed by atoms with E-state index in [0.717, 1.165) is 17.1 Å². The first-order chi connectivity index (χ1) is 7.86. The van der Waals surface area contributed by atoms with Gasteiger partial charge in [-0.1, -0.05) is 0 Å². The Morgan fingerprint density at radius 2 is 2.00 bits per heavy atom. The fourth-order valence-electron chi connectivity index (χ4n) is 1.29. The number of aromatic nitrogens is 4. The number of halogens is 3. The van der Waals surface area contributed by atoms with Crippen molar-refractivity contribution in [3.8, 4) is 5.82 Å². The van der Waals surface area contributed by atoms with Gasteiger partial charge in [0, 0.05) is 12.3 Å². The molecule has 0 bridgehead atoms. The second kappa shape index (κ2) is 3.72. The van der Waals surface area contributed by atoms with Gasteiger partial charge in [-0.25, -0.2) is 14.6 Å². The SMILES string of the molecule is Cc1nc(N)cc(-n2cc(C(F)(F)F)cn2)n1. The molecule has 0 aliphatic carbocycles. The third-order valence-corrected chi connectivity index (χ3v) is 1.99. The molecule has 0 aliphatic rings. The van der Waals surface area contributed by atoms with Gasteiger partial charge in [-0.3, -0.25) is 0 Å². The van der Waals surface area contributed by atoms with Crippen molar-refractivity contribution < 1.29 is 13.2 Å². The van der Waals surface area contributed by atoms with Gasteiger partial charge in [0.25, 0.3) is 0 Å². The fraction of sp³-hybridized carbons (Fsp3) is 0.222. The summed E-state index contributed by atoms with van der Waals surface area (Å²) in [5, 5.41) is 3.59. The van der Waals surface area contributed by atoms with Crippen molar-refractivity contribution in [2.45, 2.75) is 13.1 Å². The minimum absolute atomic E-state index is 0.177. The van der Waals surface area contributed by atoms with Crippen LogP contribution in [0.3, 0.4) is 0 Å². The Morgan fingerprint density at radius 3 is 2.53 bits per heavy atom. The zero-order chi connectivity index (χ0) is 12.6. The zero-order valence-corrected chi connectivity index (χ0v) is 8.73. The third-order valence-electron chi connectivity index (χ3n) is 1.99. The first-order valence-electron chi connectivity index (χ1n) is 4.59. The first-order valence-corrected chi connectivity index (χ1v) is 4.59. The smallest absolute Gasteiger partial charge is 0.384 e. The number of nitrogen functional groups attached to an aromatic ring is 1. The summed E-state index contributed by atoms with van der Waals surface area (Å²) in [5.74, 6) is 0.742. The zero-order valence-electron chi connectivity index (χ0n) is 8.73. The number of aryl methyl sites for hydroxylation is 1. The summed E-state index contributed by atoms with van der Waals surface area (Å²) < 4.78 is 38.1. The molecule has 17 heavy (non-hydrogen) atoms. The van der Waals surface area contributed by atoms with Crippen LogP contribution in [-0.4, -0.2) is 19.7 Å². The number of rotatable bonds is 1. The lowest BCUT2D eigenvalue weighted by atomic mass is 10.3. The first kappa shape index (κ1) is 11.4. The third kappa shape index (κ3) is 2.35. The minimum atomic E-state index is -4.42. The van der Waals surface area contributed by atoms with Crippen LogP contribution in [0.1, 0.15) is 11.4 Å². The van der Waals surface area contributed by atoms with E-state index in [1.165, 1.54) is 6.07 Å². The summed E-state index contributed by atoms with van der Waals surface area (Å²) in [6.45, 7) is 1.59. The summed E-state index contributed by atoms with van der Waals surface area (Å²) in [5.41, 5.74) is 4.63. The Hall–Kier alpha value is -2.12. The normalized spacial score (nSPS) is 11.8. The molecule has 0 unspecified atom stereocenters. The highest BCUT2D eigenvalue weighted by Gasteiger charge is 2.32. The largest absolute Gasteiger partial charge is 0.419 e. The molecule has 8 heteroatoms. The fourth-order valence-corrected chi connectivity index (χ4v) is 1.29. The number of hydrogen-bond donors (Lipinski definition) is 1. The van der Waals surface area contributed by atoms with Gasteiger partial charge in [-0.2, -0.15) is 18.3 Å². The van der Waals surface area contributed by atoms with Crippen LogP contribution < -0.4 is 5.73 Å². The molecule has 2 rings (SSSR count). The summed E-state index contributed by atoms with van der Waals surface area (Å²) in [4.78, 5) is 7.76. The van der Waals surface area contributed by atoms with E-state index in [-0.39, 0.29) is 11.6 Å². The molecule has 2 aromatic heterocycles. The Balaban J connectivity index is 2.44. The summed E-state index contributed by atoms with van der Waals surface area (Å²) in [6.07, 6.45) is -2.85. The Bertz CT molecular complexity index is 526. The molecular weight excluding hydrogens is 235 g/mol. The van der Waals surface area contributed by atoms with E-state index in [2.05, 4.69) is 15.1 Å².